The monoisotopic (exact) mass is 283 g/mol. The summed E-state index contributed by atoms with van der Waals surface area (Å²) < 4.78 is 5.36. The third-order valence-electron chi connectivity index (χ3n) is 3.13. The van der Waals surface area contributed by atoms with Crippen molar-refractivity contribution in [2.24, 2.45) is 5.92 Å². The van der Waals surface area contributed by atoms with Crippen LogP contribution < -0.4 is 0 Å². The minimum absolute atomic E-state index is 0.179. The van der Waals surface area contributed by atoms with Gasteiger partial charge in [-0.25, -0.2) is 4.79 Å². The second-order valence-corrected chi connectivity index (χ2v) is 6.42. The summed E-state index contributed by atoms with van der Waals surface area (Å²) in [6.45, 7) is 15.1. The van der Waals surface area contributed by atoms with Gasteiger partial charge in [-0.15, -0.1) is 0 Å². The van der Waals surface area contributed by atoms with Gasteiger partial charge in [0.1, 0.15) is 0 Å². The highest BCUT2D eigenvalue weighted by Crippen LogP contribution is 2.11. The Hall–Kier alpha value is -0.990. The van der Waals surface area contributed by atoms with Crippen LogP contribution >= 0.6 is 0 Å². The summed E-state index contributed by atoms with van der Waals surface area (Å²) in [5, 5.41) is 0. The molecular formula is C17H33NO2. The van der Waals surface area contributed by atoms with Crippen molar-refractivity contribution < 1.29 is 9.53 Å². The molecule has 20 heavy (non-hydrogen) atoms. The summed E-state index contributed by atoms with van der Waals surface area (Å²) in [7, 11) is 0. The van der Waals surface area contributed by atoms with Crippen molar-refractivity contribution >= 4 is 6.09 Å². The van der Waals surface area contributed by atoms with Gasteiger partial charge in [-0.05, 0) is 59.8 Å². The number of hydrogen-bond donors (Lipinski definition) is 0. The van der Waals surface area contributed by atoms with Crippen LogP contribution in [-0.2, 0) is 4.74 Å². The molecule has 3 nitrogen and oxygen atoms in total. The Morgan fingerprint density at radius 2 is 1.60 bits per heavy atom. The van der Waals surface area contributed by atoms with Crippen LogP contribution in [0.15, 0.2) is 11.6 Å². The zero-order valence-corrected chi connectivity index (χ0v) is 14.4. The molecule has 118 valence electrons. The normalized spacial score (nSPS) is 12.4. The first-order chi connectivity index (χ1) is 9.25. The average Bonchev–Trinajstić information content (AvgIpc) is 2.26. The summed E-state index contributed by atoms with van der Waals surface area (Å²) in [5.74, 6) is 0.610. The molecule has 0 saturated heterocycles. The van der Waals surface area contributed by atoms with Gasteiger partial charge < -0.3 is 9.64 Å². The molecule has 0 aliphatic rings. The predicted molar refractivity (Wildman–Crippen MR) is 85.9 cm³/mol. The number of carbonyl (C=O) groups is 1. The van der Waals surface area contributed by atoms with Crippen molar-refractivity contribution in [2.45, 2.75) is 79.8 Å². The SMILES string of the molecule is C/C(=C\C(C)C)CCCCOC(=O)N(C(C)C)C(C)C. The number of nitrogens with zero attached hydrogens (tertiary/aromatic N) is 1. The molecule has 0 fully saturated rings. The van der Waals surface area contributed by atoms with Crippen molar-refractivity contribution in [3.63, 3.8) is 0 Å². The quantitative estimate of drug-likeness (QED) is 0.462. The van der Waals surface area contributed by atoms with E-state index in [0.29, 0.717) is 12.5 Å². The number of hydrogen-bond acceptors (Lipinski definition) is 2. The molecule has 0 spiro atoms. The molecule has 0 unspecified atom stereocenters. The topological polar surface area (TPSA) is 29.5 Å². The molecule has 0 radical (unpaired) electrons. The Morgan fingerprint density at radius 3 is 2.05 bits per heavy atom. The number of amides is 1. The maximum absolute atomic E-state index is 12.0. The smallest absolute Gasteiger partial charge is 0.410 e. The van der Waals surface area contributed by atoms with E-state index in [9.17, 15) is 4.79 Å². The van der Waals surface area contributed by atoms with Crippen LogP contribution in [0, 0.1) is 5.92 Å². The van der Waals surface area contributed by atoms with Crippen molar-refractivity contribution in [2.75, 3.05) is 6.61 Å². The van der Waals surface area contributed by atoms with Gasteiger partial charge in [-0.2, -0.15) is 0 Å². The summed E-state index contributed by atoms with van der Waals surface area (Å²) in [6.07, 6.45) is 5.20. The van der Waals surface area contributed by atoms with E-state index >= 15 is 0 Å². The molecule has 0 atom stereocenters. The van der Waals surface area contributed by atoms with E-state index in [1.54, 1.807) is 4.90 Å². The minimum atomic E-state index is -0.190. The van der Waals surface area contributed by atoms with Crippen molar-refractivity contribution in [1.29, 1.82) is 0 Å². The second kappa shape index (κ2) is 9.84. The van der Waals surface area contributed by atoms with Crippen molar-refractivity contribution in [1.82, 2.24) is 4.90 Å². The van der Waals surface area contributed by atoms with E-state index in [-0.39, 0.29) is 18.2 Å². The third-order valence-corrected chi connectivity index (χ3v) is 3.13. The molecule has 0 rings (SSSR count). The van der Waals surface area contributed by atoms with E-state index in [1.807, 2.05) is 27.7 Å². The molecule has 0 bridgehead atoms. The lowest BCUT2D eigenvalue weighted by Crippen LogP contribution is -2.42. The van der Waals surface area contributed by atoms with Gasteiger partial charge in [0.15, 0.2) is 0 Å². The van der Waals surface area contributed by atoms with Crippen molar-refractivity contribution in [3.05, 3.63) is 11.6 Å². The largest absolute Gasteiger partial charge is 0.449 e. The molecule has 1 amide bonds. The fraction of sp³-hybridized carbons (Fsp3) is 0.824. The molecule has 0 aliphatic carbocycles. The Bertz CT molecular complexity index is 298. The van der Waals surface area contributed by atoms with Gasteiger partial charge in [-0.1, -0.05) is 25.5 Å². The van der Waals surface area contributed by atoms with Crippen molar-refractivity contribution in [3.8, 4) is 0 Å². The van der Waals surface area contributed by atoms with Crippen LogP contribution in [-0.4, -0.2) is 29.7 Å². The zero-order valence-electron chi connectivity index (χ0n) is 14.4. The fourth-order valence-electron chi connectivity index (χ4n) is 2.41. The summed E-state index contributed by atoms with van der Waals surface area (Å²) >= 11 is 0. The molecule has 0 aromatic rings. The summed E-state index contributed by atoms with van der Waals surface area (Å²) in [5.41, 5.74) is 1.43. The number of carbonyl (C=O) groups excluding carboxylic acids is 1. The molecule has 0 heterocycles. The van der Waals surface area contributed by atoms with E-state index in [0.717, 1.165) is 19.3 Å². The van der Waals surface area contributed by atoms with Gasteiger partial charge >= 0.3 is 6.09 Å². The first-order valence-corrected chi connectivity index (χ1v) is 7.88. The Kier molecular flexibility index (Phi) is 9.35. The first-order valence-electron chi connectivity index (χ1n) is 7.88. The lowest BCUT2D eigenvalue weighted by molar-refractivity contribution is 0.0780. The van der Waals surface area contributed by atoms with Crippen LogP contribution in [0.1, 0.15) is 67.7 Å². The Labute approximate surface area is 125 Å². The molecule has 0 saturated carbocycles. The zero-order chi connectivity index (χ0) is 15.7. The van der Waals surface area contributed by atoms with Gasteiger partial charge in [0.2, 0.25) is 0 Å². The summed E-state index contributed by atoms with van der Waals surface area (Å²) in [6, 6.07) is 0.359. The highest BCUT2D eigenvalue weighted by Gasteiger charge is 2.20. The molecular weight excluding hydrogens is 250 g/mol. The van der Waals surface area contributed by atoms with E-state index in [1.165, 1.54) is 5.57 Å². The predicted octanol–water partition coefficient (Wildman–Crippen LogP) is 5.01. The van der Waals surface area contributed by atoms with Gasteiger partial charge in [-0.3, -0.25) is 0 Å². The average molecular weight is 283 g/mol. The van der Waals surface area contributed by atoms with Crippen LogP contribution in [0.5, 0.6) is 0 Å². The van der Waals surface area contributed by atoms with E-state index in [2.05, 4.69) is 26.8 Å². The van der Waals surface area contributed by atoms with E-state index < -0.39 is 0 Å². The van der Waals surface area contributed by atoms with Gasteiger partial charge in [0, 0.05) is 12.1 Å². The maximum atomic E-state index is 12.0. The molecule has 0 N–H and O–H groups in total. The minimum Gasteiger partial charge on any atom is -0.449 e. The number of unbranched alkanes of at least 4 members (excludes halogenated alkanes) is 1. The number of ether oxygens (including phenoxy) is 1. The highest BCUT2D eigenvalue weighted by atomic mass is 16.6. The summed E-state index contributed by atoms with van der Waals surface area (Å²) in [4.78, 5) is 13.7. The Morgan fingerprint density at radius 1 is 1.05 bits per heavy atom. The highest BCUT2D eigenvalue weighted by molar-refractivity contribution is 5.68. The second-order valence-electron chi connectivity index (χ2n) is 6.42. The number of allylic oxidation sites excluding steroid dienone is 2. The molecule has 3 heteroatoms. The third kappa shape index (κ3) is 8.23. The Balaban J connectivity index is 3.93. The molecule has 0 aromatic carbocycles. The lowest BCUT2D eigenvalue weighted by Gasteiger charge is -2.29. The number of rotatable bonds is 8. The van der Waals surface area contributed by atoms with Crippen LogP contribution in [0.4, 0.5) is 4.79 Å². The van der Waals surface area contributed by atoms with Crippen LogP contribution in [0.25, 0.3) is 0 Å². The van der Waals surface area contributed by atoms with Gasteiger partial charge in [0.25, 0.3) is 0 Å². The molecule has 0 aliphatic heterocycles. The maximum Gasteiger partial charge on any atom is 0.410 e. The van der Waals surface area contributed by atoms with E-state index in [4.69, 9.17) is 4.74 Å². The fourth-order valence-corrected chi connectivity index (χ4v) is 2.41. The lowest BCUT2D eigenvalue weighted by atomic mass is 10.1. The van der Waals surface area contributed by atoms with Gasteiger partial charge in [0.05, 0.1) is 6.61 Å². The van der Waals surface area contributed by atoms with Crippen LogP contribution in [0.3, 0.4) is 0 Å². The first kappa shape index (κ1) is 19.0. The standard InChI is InChI=1S/C17H33NO2/c1-13(2)12-16(7)10-8-9-11-20-17(19)18(14(3)4)15(5)6/h12-15H,8-11H2,1-7H3/b16-12+. The molecule has 0 aromatic heterocycles. The van der Waals surface area contributed by atoms with Crippen LogP contribution in [0.2, 0.25) is 0 Å².